The number of urea groups is 1. The minimum Gasteiger partial charge on any atom is -0.341 e. The van der Waals surface area contributed by atoms with Gasteiger partial charge in [0.15, 0.2) is 0 Å². The Morgan fingerprint density at radius 1 is 1.57 bits per heavy atom. The van der Waals surface area contributed by atoms with Crippen LogP contribution in [0.2, 0.25) is 0 Å². The Morgan fingerprint density at radius 2 is 2.29 bits per heavy atom. The summed E-state index contributed by atoms with van der Waals surface area (Å²) in [5, 5.41) is 4.85. The van der Waals surface area contributed by atoms with E-state index in [9.17, 15) is 9.18 Å². The second kappa shape index (κ2) is 4.57. The molecule has 5 heteroatoms. The van der Waals surface area contributed by atoms with Gasteiger partial charge < -0.3 is 16.4 Å². The highest BCUT2D eigenvalue weighted by Gasteiger charge is 2.05. The third-order valence-corrected chi connectivity index (χ3v) is 1.77. The maximum absolute atomic E-state index is 12.8. The molecule has 0 unspecified atom stereocenters. The average molecular weight is 197 g/mol. The largest absolute Gasteiger partial charge is 0.341 e. The lowest BCUT2D eigenvalue weighted by molar-refractivity contribution is 0.254. The van der Waals surface area contributed by atoms with Crippen molar-refractivity contribution in [3.8, 4) is 0 Å². The molecule has 2 amide bonds. The van der Waals surface area contributed by atoms with Crippen LogP contribution in [0.4, 0.5) is 14.9 Å². The number of benzene rings is 1. The zero-order valence-electron chi connectivity index (χ0n) is 7.80. The molecule has 0 aliphatic carbocycles. The molecular formula is C9H12FN3O. The molecule has 1 rings (SSSR count). The van der Waals surface area contributed by atoms with E-state index < -0.39 is 11.8 Å². The van der Waals surface area contributed by atoms with Crippen LogP contribution in [0.3, 0.4) is 0 Å². The number of rotatable bonds is 2. The first-order valence-electron chi connectivity index (χ1n) is 4.14. The van der Waals surface area contributed by atoms with Gasteiger partial charge in [-0.25, -0.2) is 9.18 Å². The Balaban J connectivity index is 2.93. The van der Waals surface area contributed by atoms with Crippen molar-refractivity contribution in [3.63, 3.8) is 0 Å². The molecule has 14 heavy (non-hydrogen) atoms. The normalized spacial score (nSPS) is 9.64. The summed E-state index contributed by atoms with van der Waals surface area (Å²) in [6.07, 6.45) is 0. The van der Waals surface area contributed by atoms with E-state index in [2.05, 4.69) is 10.6 Å². The Hall–Kier alpha value is -1.62. The fourth-order valence-corrected chi connectivity index (χ4v) is 1.03. The van der Waals surface area contributed by atoms with Crippen LogP contribution in [0.1, 0.15) is 5.56 Å². The van der Waals surface area contributed by atoms with Crippen LogP contribution in [0.25, 0.3) is 0 Å². The van der Waals surface area contributed by atoms with Crippen molar-refractivity contribution >= 4 is 11.7 Å². The number of nitrogens with one attached hydrogen (secondary N) is 2. The minimum absolute atomic E-state index is 0.250. The summed E-state index contributed by atoms with van der Waals surface area (Å²) >= 11 is 0. The molecule has 0 aliphatic heterocycles. The fraction of sp³-hybridized carbons (Fsp3) is 0.222. The van der Waals surface area contributed by atoms with Gasteiger partial charge in [0.05, 0.1) is 0 Å². The zero-order chi connectivity index (χ0) is 10.6. The molecule has 4 N–H and O–H groups in total. The molecule has 0 saturated heterocycles. The summed E-state index contributed by atoms with van der Waals surface area (Å²) in [4.78, 5) is 11.0. The van der Waals surface area contributed by atoms with Gasteiger partial charge in [0.2, 0.25) is 0 Å². The van der Waals surface area contributed by atoms with Gasteiger partial charge in [-0.3, -0.25) is 0 Å². The second-order valence-corrected chi connectivity index (χ2v) is 2.71. The van der Waals surface area contributed by atoms with Crippen LogP contribution >= 0.6 is 0 Å². The average Bonchev–Trinajstić information content (AvgIpc) is 2.18. The number of carbonyl (C=O) groups excluding carboxylic acids is 1. The van der Waals surface area contributed by atoms with Crippen molar-refractivity contribution in [1.29, 1.82) is 0 Å². The third-order valence-electron chi connectivity index (χ3n) is 1.77. The van der Waals surface area contributed by atoms with E-state index in [1.807, 2.05) is 0 Å². The Kier molecular flexibility index (Phi) is 3.41. The molecule has 76 valence electrons. The molecule has 0 bridgehead atoms. The van der Waals surface area contributed by atoms with Crippen LogP contribution < -0.4 is 16.4 Å². The first kappa shape index (κ1) is 10.5. The van der Waals surface area contributed by atoms with Gasteiger partial charge >= 0.3 is 6.03 Å². The molecule has 4 nitrogen and oxygen atoms in total. The maximum Gasteiger partial charge on any atom is 0.318 e. The van der Waals surface area contributed by atoms with Crippen molar-refractivity contribution < 1.29 is 9.18 Å². The van der Waals surface area contributed by atoms with E-state index in [4.69, 9.17) is 5.73 Å². The Labute approximate surface area is 81.3 Å². The van der Waals surface area contributed by atoms with Crippen molar-refractivity contribution in [2.24, 2.45) is 5.73 Å². The molecule has 0 saturated carbocycles. The topological polar surface area (TPSA) is 67.2 Å². The molecule has 1 aromatic carbocycles. The Morgan fingerprint density at radius 3 is 2.86 bits per heavy atom. The lowest BCUT2D eigenvalue weighted by Gasteiger charge is -2.08. The maximum atomic E-state index is 12.8. The fourth-order valence-electron chi connectivity index (χ4n) is 1.03. The van der Waals surface area contributed by atoms with E-state index >= 15 is 0 Å². The van der Waals surface area contributed by atoms with E-state index in [-0.39, 0.29) is 6.54 Å². The smallest absolute Gasteiger partial charge is 0.318 e. The number of hydrogen-bond donors (Lipinski definition) is 3. The highest BCUT2D eigenvalue weighted by molar-refractivity contribution is 5.89. The molecular weight excluding hydrogens is 185 g/mol. The molecule has 0 aromatic heterocycles. The number of anilines is 1. The van der Waals surface area contributed by atoms with E-state index in [1.165, 1.54) is 19.2 Å². The SMILES string of the molecule is CNC(=O)Nc1cc(F)ccc1CN. The van der Waals surface area contributed by atoms with Crippen LogP contribution in [0, 0.1) is 5.82 Å². The number of nitrogens with two attached hydrogens (primary N) is 1. The summed E-state index contributed by atoms with van der Waals surface area (Å²) in [5.74, 6) is -0.409. The summed E-state index contributed by atoms with van der Waals surface area (Å²) < 4.78 is 12.8. The van der Waals surface area contributed by atoms with Gasteiger partial charge in [-0.1, -0.05) is 6.07 Å². The third kappa shape index (κ3) is 2.43. The van der Waals surface area contributed by atoms with E-state index in [0.29, 0.717) is 11.3 Å². The van der Waals surface area contributed by atoms with Crippen molar-refractivity contribution in [1.82, 2.24) is 5.32 Å². The molecule has 1 aromatic rings. The summed E-state index contributed by atoms with van der Waals surface area (Å²) in [6.45, 7) is 0.250. The molecule has 0 heterocycles. The highest BCUT2D eigenvalue weighted by Crippen LogP contribution is 2.16. The molecule has 0 fully saturated rings. The quantitative estimate of drug-likeness (QED) is 0.663. The van der Waals surface area contributed by atoms with Crippen molar-refractivity contribution in [2.75, 3.05) is 12.4 Å². The minimum atomic E-state index is -0.409. The molecule has 0 atom stereocenters. The van der Waals surface area contributed by atoms with Crippen LogP contribution in [-0.2, 0) is 6.54 Å². The van der Waals surface area contributed by atoms with Gasteiger partial charge in [-0.05, 0) is 17.7 Å². The van der Waals surface area contributed by atoms with Crippen molar-refractivity contribution in [2.45, 2.75) is 6.54 Å². The van der Waals surface area contributed by atoms with Gasteiger partial charge in [0.1, 0.15) is 5.82 Å². The predicted molar refractivity (Wildman–Crippen MR) is 52.4 cm³/mol. The van der Waals surface area contributed by atoms with Gasteiger partial charge in [-0.15, -0.1) is 0 Å². The first-order valence-corrected chi connectivity index (χ1v) is 4.14. The summed E-state index contributed by atoms with van der Waals surface area (Å²) in [5.41, 5.74) is 6.51. The zero-order valence-corrected chi connectivity index (χ0v) is 7.80. The number of halogens is 1. The summed E-state index contributed by atoms with van der Waals surface area (Å²) in [6, 6.07) is 3.68. The Bertz CT molecular complexity index is 341. The molecule has 0 radical (unpaired) electrons. The summed E-state index contributed by atoms with van der Waals surface area (Å²) in [7, 11) is 1.48. The van der Waals surface area contributed by atoms with E-state index in [0.717, 1.165) is 0 Å². The number of amides is 2. The van der Waals surface area contributed by atoms with Gasteiger partial charge in [0.25, 0.3) is 0 Å². The monoisotopic (exact) mass is 197 g/mol. The number of carbonyl (C=O) groups is 1. The van der Waals surface area contributed by atoms with E-state index in [1.54, 1.807) is 6.07 Å². The number of hydrogen-bond acceptors (Lipinski definition) is 2. The molecule has 0 spiro atoms. The second-order valence-electron chi connectivity index (χ2n) is 2.71. The lowest BCUT2D eigenvalue weighted by atomic mass is 10.2. The lowest BCUT2D eigenvalue weighted by Crippen LogP contribution is -2.25. The molecule has 0 aliphatic rings. The highest BCUT2D eigenvalue weighted by atomic mass is 19.1. The van der Waals surface area contributed by atoms with Crippen LogP contribution in [-0.4, -0.2) is 13.1 Å². The predicted octanol–water partition coefficient (Wildman–Crippen LogP) is 1.04. The van der Waals surface area contributed by atoms with Crippen LogP contribution in [0.15, 0.2) is 18.2 Å². The van der Waals surface area contributed by atoms with Crippen LogP contribution in [0.5, 0.6) is 0 Å². The van der Waals surface area contributed by atoms with Gasteiger partial charge in [-0.2, -0.15) is 0 Å². The van der Waals surface area contributed by atoms with Gasteiger partial charge in [0, 0.05) is 19.3 Å². The van der Waals surface area contributed by atoms with Crippen molar-refractivity contribution in [3.05, 3.63) is 29.6 Å². The standard InChI is InChI=1S/C9H12FN3O/c1-12-9(14)13-8-4-7(10)3-2-6(8)5-11/h2-4H,5,11H2,1H3,(H2,12,13,14). The first-order chi connectivity index (χ1) is 6.67.